The molecule has 1 aromatic heterocycles. The Hall–Kier alpha value is -2.74. The van der Waals surface area contributed by atoms with Gasteiger partial charge < -0.3 is 10.1 Å². The summed E-state index contributed by atoms with van der Waals surface area (Å²) in [6.07, 6.45) is 0.759. The Balaban J connectivity index is 2.14. The van der Waals surface area contributed by atoms with E-state index in [1.807, 2.05) is 19.2 Å². The van der Waals surface area contributed by atoms with Gasteiger partial charge in [0.1, 0.15) is 5.00 Å². The minimum Gasteiger partial charge on any atom is -0.465 e. The third-order valence-electron chi connectivity index (χ3n) is 3.65. The molecule has 0 aliphatic carbocycles. The van der Waals surface area contributed by atoms with E-state index in [9.17, 15) is 19.7 Å². The molecule has 0 atom stereocenters. The quantitative estimate of drug-likeness (QED) is 0.450. The van der Waals surface area contributed by atoms with E-state index in [-0.39, 0.29) is 18.0 Å². The van der Waals surface area contributed by atoms with Gasteiger partial charge >= 0.3 is 5.97 Å². The monoisotopic (exact) mass is 376 g/mol. The van der Waals surface area contributed by atoms with Crippen molar-refractivity contribution >= 4 is 33.9 Å². The number of amides is 1. The van der Waals surface area contributed by atoms with Crippen LogP contribution in [-0.2, 0) is 22.4 Å². The highest BCUT2D eigenvalue weighted by Gasteiger charge is 2.21. The molecular formula is C18H20N2O5S. The van der Waals surface area contributed by atoms with Crippen LogP contribution in [0.1, 0.15) is 35.3 Å². The lowest BCUT2D eigenvalue weighted by molar-refractivity contribution is -0.384. The summed E-state index contributed by atoms with van der Waals surface area (Å²) in [5.74, 6) is -0.425. The Morgan fingerprint density at radius 2 is 1.92 bits per heavy atom. The maximum Gasteiger partial charge on any atom is 0.341 e. The standard InChI is InChI=1S/C18H20N2O5S/c1-11(2)8-13-10-26-17(16(13)18(22)25-3)19-15(21)9-12-4-6-14(7-5-12)20(23)24/h4-7,10-11H,8-9H2,1-3H3,(H,19,21). The molecule has 0 fully saturated rings. The highest BCUT2D eigenvalue weighted by molar-refractivity contribution is 7.15. The number of nitrogens with zero attached hydrogens (tertiary/aromatic N) is 1. The number of rotatable bonds is 7. The number of esters is 1. The van der Waals surface area contributed by atoms with Gasteiger partial charge in [-0.2, -0.15) is 0 Å². The predicted octanol–water partition coefficient (Wildman–Crippen LogP) is 3.82. The zero-order valence-corrected chi connectivity index (χ0v) is 15.6. The minimum atomic E-state index is -0.492. The van der Waals surface area contributed by atoms with E-state index in [0.29, 0.717) is 28.5 Å². The molecular weight excluding hydrogens is 356 g/mol. The maximum absolute atomic E-state index is 12.3. The van der Waals surface area contributed by atoms with Gasteiger partial charge in [0, 0.05) is 12.1 Å². The number of nitro benzene ring substituents is 1. The largest absolute Gasteiger partial charge is 0.465 e. The Bertz CT molecular complexity index is 811. The molecule has 1 amide bonds. The van der Waals surface area contributed by atoms with Crippen LogP contribution in [-0.4, -0.2) is 23.9 Å². The van der Waals surface area contributed by atoms with Crippen molar-refractivity contribution in [2.75, 3.05) is 12.4 Å². The van der Waals surface area contributed by atoms with Crippen molar-refractivity contribution in [3.05, 3.63) is 56.5 Å². The second-order valence-electron chi connectivity index (χ2n) is 6.20. The Morgan fingerprint density at radius 1 is 1.27 bits per heavy atom. The number of hydrogen-bond acceptors (Lipinski definition) is 6. The SMILES string of the molecule is COC(=O)c1c(CC(C)C)csc1NC(=O)Cc1ccc([N+](=O)[O-])cc1. The summed E-state index contributed by atoms with van der Waals surface area (Å²) in [7, 11) is 1.31. The van der Waals surface area contributed by atoms with E-state index >= 15 is 0 Å². The van der Waals surface area contributed by atoms with Gasteiger partial charge in [-0.15, -0.1) is 11.3 Å². The number of nitrogens with one attached hydrogen (secondary N) is 1. The molecule has 1 heterocycles. The average Bonchev–Trinajstić information content (AvgIpc) is 2.96. The molecule has 0 spiro atoms. The van der Waals surface area contributed by atoms with Crippen LogP contribution in [0, 0.1) is 16.0 Å². The number of carbonyl (C=O) groups excluding carboxylic acids is 2. The lowest BCUT2D eigenvalue weighted by Gasteiger charge is -2.09. The zero-order valence-electron chi connectivity index (χ0n) is 14.8. The molecule has 2 aromatic rings. The van der Waals surface area contributed by atoms with Gasteiger partial charge in [0.15, 0.2) is 0 Å². The van der Waals surface area contributed by atoms with E-state index < -0.39 is 10.9 Å². The average molecular weight is 376 g/mol. The van der Waals surface area contributed by atoms with E-state index in [1.165, 1.54) is 42.7 Å². The number of methoxy groups -OCH3 is 1. The molecule has 0 unspecified atom stereocenters. The lowest BCUT2D eigenvalue weighted by atomic mass is 10.0. The number of thiophene rings is 1. The molecule has 0 bridgehead atoms. The highest BCUT2D eigenvalue weighted by atomic mass is 32.1. The third kappa shape index (κ3) is 4.89. The molecule has 138 valence electrons. The smallest absolute Gasteiger partial charge is 0.341 e. The number of anilines is 1. The molecule has 8 heteroatoms. The van der Waals surface area contributed by atoms with E-state index in [0.717, 1.165) is 5.56 Å². The molecule has 26 heavy (non-hydrogen) atoms. The fraction of sp³-hybridized carbons (Fsp3) is 0.333. The second kappa shape index (κ2) is 8.57. The molecule has 0 saturated carbocycles. The van der Waals surface area contributed by atoms with Crippen molar-refractivity contribution in [1.29, 1.82) is 0 Å². The van der Waals surface area contributed by atoms with Crippen molar-refractivity contribution in [1.82, 2.24) is 0 Å². The van der Waals surface area contributed by atoms with Crippen molar-refractivity contribution in [3.63, 3.8) is 0 Å². The van der Waals surface area contributed by atoms with Gasteiger partial charge in [-0.1, -0.05) is 26.0 Å². The molecule has 1 aromatic carbocycles. The summed E-state index contributed by atoms with van der Waals surface area (Å²) in [5, 5.41) is 15.7. The topological polar surface area (TPSA) is 98.5 Å². The van der Waals surface area contributed by atoms with Gasteiger partial charge in [-0.3, -0.25) is 14.9 Å². The van der Waals surface area contributed by atoms with E-state index in [2.05, 4.69) is 5.32 Å². The predicted molar refractivity (Wildman–Crippen MR) is 99.6 cm³/mol. The van der Waals surface area contributed by atoms with Crippen molar-refractivity contribution in [2.45, 2.75) is 26.7 Å². The van der Waals surface area contributed by atoms with Crippen LogP contribution in [0.5, 0.6) is 0 Å². The Morgan fingerprint density at radius 3 is 2.46 bits per heavy atom. The molecule has 0 radical (unpaired) electrons. The van der Waals surface area contributed by atoms with Gasteiger partial charge in [-0.25, -0.2) is 4.79 Å². The van der Waals surface area contributed by atoms with Gasteiger partial charge in [0.05, 0.1) is 24.0 Å². The molecule has 2 rings (SSSR count). The molecule has 0 aliphatic rings. The first-order valence-electron chi connectivity index (χ1n) is 8.03. The first-order valence-corrected chi connectivity index (χ1v) is 8.91. The zero-order chi connectivity index (χ0) is 19.3. The molecule has 0 saturated heterocycles. The maximum atomic E-state index is 12.3. The van der Waals surface area contributed by atoms with Crippen molar-refractivity contribution in [2.24, 2.45) is 5.92 Å². The third-order valence-corrected chi connectivity index (χ3v) is 4.59. The number of non-ortho nitro benzene ring substituents is 1. The van der Waals surface area contributed by atoms with Crippen molar-refractivity contribution < 1.29 is 19.2 Å². The fourth-order valence-electron chi connectivity index (χ4n) is 2.49. The molecule has 7 nitrogen and oxygen atoms in total. The normalized spacial score (nSPS) is 10.6. The highest BCUT2D eigenvalue weighted by Crippen LogP contribution is 2.31. The summed E-state index contributed by atoms with van der Waals surface area (Å²) < 4.78 is 4.85. The van der Waals surface area contributed by atoms with E-state index in [1.54, 1.807) is 0 Å². The van der Waals surface area contributed by atoms with Crippen LogP contribution < -0.4 is 5.32 Å². The first-order chi connectivity index (χ1) is 12.3. The Kier molecular flexibility index (Phi) is 6.46. The van der Waals surface area contributed by atoms with Gasteiger partial charge in [0.2, 0.25) is 5.91 Å². The molecule has 1 N–H and O–H groups in total. The minimum absolute atomic E-state index is 0.0290. The number of carbonyl (C=O) groups is 2. The van der Waals surface area contributed by atoms with Crippen LogP contribution in [0.3, 0.4) is 0 Å². The number of benzene rings is 1. The van der Waals surface area contributed by atoms with Crippen LogP contribution in [0.15, 0.2) is 29.6 Å². The fourth-order valence-corrected chi connectivity index (χ4v) is 3.47. The lowest BCUT2D eigenvalue weighted by Crippen LogP contribution is -2.16. The number of nitro groups is 1. The van der Waals surface area contributed by atoms with Gasteiger partial charge in [0.25, 0.3) is 5.69 Å². The van der Waals surface area contributed by atoms with Crippen molar-refractivity contribution in [3.8, 4) is 0 Å². The number of ether oxygens (including phenoxy) is 1. The summed E-state index contributed by atoms with van der Waals surface area (Å²) in [4.78, 5) is 34.6. The van der Waals surface area contributed by atoms with Crippen LogP contribution in [0.2, 0.25) is 0 Å². The van der Waals surface area contributed by atoms with Crippen LogP contribution >= 0.6 is 11.3 Å². The summed E-state index contributed by atoms with van der Waals surface area (Å²) in [6, 6.07) is 5.79. The summed E-state index contributed by atoms with van der Waals surface area (Å²) >= 11 is 1.29. The van der Waals surface area contributed by atoms with Crippen LogP contribution in [0.25, 0.3) is 0 Å². The number of hydrogen-bond donors (Lipinski definition) is 1. The second-order valence-corrected chi connectivity index (χ2v) is 7.08. The van der Waals surface area contributed by atoms with E-state index in [4.69, 9.17) is 4.74 Å². The summed E-state index contributed by atoms with van der Waals surface area (Å²) in [6.45, 7) is 4.09. The Labute approximate surface area is 155 Å². The first kappa shape index (κ1) is 19.6. The molecule has 0 aliphatic heterocycles. The summed E-state index contributed by atoms with van der Waals surface area (Å²) in [5.41, 5.74) is 1.86. The van der Waals surface area contributed by atoms with Gasteiger partial charge in [-0.05, 0) is 28.8 Å². The van der Waals surface area contributed by atoms with Crippen LogP contribution in [0.4, 0.5) is 10.7 Å².